The van der Waals surface area contributed by atoms with Crippen molar-refractivity contribution in [2.75, 3.05) is 13.7 Å². The number of aliphatic hydroxyl groups excluding tert-OH is 1. The van der Waals surface area contributed by atoms with Crippen molar-refractivity contribution in [2.24, 2.45) is 34.5 Å². The van der Waals surface area contributed by atoms with Crippen LogP contribution in [0.4, 0.5) is 0 Å². The number of methoxy groups -OCH3 is 1. The molecule has 0 radical (unpaired) electrons. The number of hydrogen-bond acceptors (Lipinski definition) is 5. The van der Waals surface area contributed by atoms with Crippen LogP contribution in [0.5, 0.6) is 11.5 Å². The molecule has 1 aromatic rings. The number of epoxide rings is 1. The van der Waals surface area contributed by atoms with E-state index in [1.54, 1.807) is 13.2 Å². The number of rotatable bonds is 6. The fraction of sp³-hybridized carbons (Fsp3) is 0.710. The molecule has 36 heavy (non-hydrogen) atoms. The first-order valence-electron chi connectivity index (χ1n) is 14.1. The zero-order valence-electron chi connectivity index (χ0n) is 22.3. The van der Waals surface area contributed by atoms with Crippen molar-refractivity contribution in [3.63, 3.8) is 0 Å². The molecule has 196 valence electrons. The summed E-state index contributed by atoms with van der Waals surface area (Å²) in [6.07, 6.45) is 12.2. The van der Waals surface area contributed by atoms with Crippen LogP contribution in [0.15, 0.2) is 24.3 Å². The quantitative estimate of drug-likeness (QED) is 0.398. The van der Waals surface area contributed by atoms with Crippen LogP contribution in [0.25, 0.3) is 6.08 Å². The van der Waals surface area contributed by atoms with Gasteiger partial charge in [0.15, 0.2) is 17.3 Å². The molecule has 5 heteroatoms. The second kappa shape index (κ2) is 8.59. The molecule has 1 aromatic carbocycles. The van der Waals surface area contributed by atoms with Gasteiger partial charge in [0.1, 0.15) is 5.60 Å². The van der Waals surface area contributed by atoms with Crippen LogP contribution in [0.2, 0.25) is 0 Å². The number of fused-ring (bicyclic) bond motifs is 4. The van der Waals surface area contributed by atoms with Gasteiger partial charge < -0.3 is 19.3 Å². The number of benzene rings is 1. The van der Waals surface area contributed by atoms with E-state index in [1.807, 2.05) is 31.2 Å². The highest BCUT2D eigenvalue weighted by molar-refractivity contribution is 5.96. The molecule has 0 unspecified atom stereocenters. The van der Waals surface area contributed by atoms with E-state index >= 15 is 0 Å². The van der Waals surface area contributed by atoms with E-state index < -0.39 is 0 Å². The molecule has 5 nitrogen and oxygen atoms in total. The minimum atomic E-state index is -0.205. The Kier molecular flexibility index (Phi) is 5.84. The lowest BCUT2D eigenvalue weighted by Crippen LogP contribution is -2.58. The van der Waals surface area contributed by atoms with E-state index in [-0.39, 0.29) is 34.2 Å². The molecule has 6 rings (SSSR count). The highest BCUT2D eigenvalue weighted by atomic mass is 16.6. The average Bonchev–Trinajstić information content (AvgIpc) is 3.44. The maximum Gasteiger partial charge on any atom is 0.161 e. The summed E-state index contributed by atoms with van der Waals surface area (Å²) in [5.74, 6) is 3.67. The Bertz CT molecular complexity index is 1070. The van der Waals surface area contributed by atoms with E-state index in [4.69, 9.17) is 14.2 Å². The molecule has 1 saturated heterocycles. The molecule has 1 aliphatic heterocycles. The number of ketones is 1. The fourth-order valence-corrected chi connectivity index (χ4v) is 9.48. The molecule has 0 aromatic heterocycles. The van der Waals surface area contributed by atoms with E-state index in [0.717, 1.165) is 56.3 Å². The smallest absolute Gasteiger partial charge is 0.161 e. The SMILES string of the molecule is CCOc1ccc(/C=C/C(=O)[C@H]2CC[C@H]3[C@@H]4C[C@@H]5O[C@@]56C[C@@H](O)CC[C@]6(C)[C@H]4CC[C@]23C)cc1OC. The van der Waals surface area contributed by atoms with Crippen LogP contribution in [0, 0.1) is 34.5 Å². The monoisotopic (exact) mass is 494 g/mol. The molecule has 5 fully saturated rings. The van der Waals surface area contributed by atoms with Crippen LogP contribution in [-0.4, -0.2) is 42.4 Å². The lowest BCUT2D eigenvalue weighted by atomic mass is 9.44. The van der Waals surface area contributed by atoms with Crippen LogP contribution < -0.4 is 9.47 Å². The standard InChI is InChI=1S/C31H42O5/c1-5-35-26-11-7-19(16-27(26)34-4)6-10-25(33)24-9-8-22-21-17-28-31(36-28)18-20(32)12-15-30(31,3)23(21)13-14-29(22,24)2/h6-7,10-11,16,20-24,28,32H,5,8-9,12-15,17-18H2,1-4H3/b10-6+/t20-,21-,22-,23-,24+,28-,29-,30+,31-/m0/s1. The Balaban J connectivity index is 1.19. The van der Waals surface area contributed by atoms with Gasteiger partial charge in [0.05, 0.1) is 25.9 Å². The first-order chi connectivity index (χ1) is 17.3. The molecule has 0 amide bonds. The molecule has 9 atom stereocenters. The summed E-state index contributed by atoms with van der Waals surface area (Å²) < 4.78 is 17.6. The molecule has 1 heterocycles. The second-order valence-corrected chi connectivity index (χ2v) is 12.7. The third-order valence-corrected chi connectivity index (χ3v) is 11.3. The predicted molar refractivity (Wildman–Crippen MR) is 139 cm³/mol. The van der Waals surface area contributed by atoms with Crippen molar-refractivity contribution in [3.05, 3.63) is 29.8 Å². The average molecular weight is 495 g/mol. The minimum Gasteiger partial charge on any atom is -0.493 e. The summed E-state index contributed by atoms with van der Waals surface area (Å²) in [5.41, 5.74) is 1.12. The highest BCUT2D eigenvalue weighted by Crippen LogP contribution is 2.74. The van der Waals surface area contributed by atoms with Crippen molar-refractivity contribution in [1.82, 2.24) is 0 Å². The molecule has 1 N–H and O–H groups in total. The van der Waals surface area contributed by atoms with Crippen LogP contribution in [-0.2, 0) is 9.53 Å². The molecule has 1 spiro atoms. The number of hydrogen-bond donors (Lipinski definition) is 1. The lowest BCUT2D eigenvalue weighted by molar-refractivity contribution is -0.131. The number of ether oxygens (including phenoxy) is 3. The summed E-state index contributed by atoms with van der Waals surface area (Å²) in [4.78, 5) is 13.6. The van der Waals surface area contributed by atoms with Crippen molar-refractivity contribution in [2.45, 2.75) is 89.9 Å². The third-order valence-electron chi connectivity index (χ3n) is 11.3. The Morgan fingerprint density at radius 3 is 2.75 bits per heavy atom. The van der Waals surface area contributed by atoms with Crippen LogP contribution >= 0.6 is 0 Å². The van der Waals surface area contributed by atoms with Crippen molar-refractivity contribution < 1.29 is 24.1 Å². The second-order valence-electron chi connectivity index (χ2n) is 12.7. The highest BCUT2D eigenvalue weighted by Gasteiger charge is 2.76. The van der Waals surface area contributed by atoms with E-state index in [2.05, 4.69) is 13.8 Å². The molecular formula is C31H42O5. The number of allylic oxidation sites excluding steroid dienone is 1. The molecule has 4 saturated carbocycles. The van der Waals surface area contributed by atoms with Gasteiger partial charge in [-0.2, -0.15) is 0 Å². The lowest BCUT2D eigenvalue weighted by Gasteiger charge is -2.59. The topological polar surface area (TPSA) is 68.3 Å². The van der Waals surface area contributed by atoms with Crippen LogP contribution in [0.3, 0.4) is 0 Å². The van der Waals surface area contributed by atoms with Gasteiger partial charge >= 0.3 is 0 Å². The van der Waals surface area contributed by atoms with E-state index in [0.29, 0.717) is 36.2 Å². The van der Waals surface area contributed by atoms with Crippen LogP contribution in [0.1, 0.15) is 77.7 Å². The summed E-state index contributed by atoms with van der Waals surface area (Å²) in [5, 5.41) is 10.4. The largest absolute Gasteiger partial charge is 0.493 e. The van der Waals surface area contributed by atoms with Crippen molar-refractivity contribution in [3.8, 4) is 11.5 Å². The maximum atomic E-state index is 13.6. The number of aliphatic hydroxyl groups is 1. The fourth-order valence-electron chi connectivity index (χ4n) is 9.48. The van der Waals surface area contributed by atoms with Gasteiger partial charge in [-0.1, -0.05) is 26.0 Å². The number of carbonyl (C=O) groups is 1. The zero-order valence-corrected chi connectivity index (χ0v) is 22.3. The summed E-state index contributed by atoms with van der Waals surface area (Å²) in [6.45, 7) is 7.40. The molecular weight excluding hydrogens is 452 g/mol. The molecule has 0 bridgehead atoms. The van der Waals surface area contributed by atoms with Crippen molar-refractivity contribution in [1.29, 1.82) is 0 Å². The maximum absolute atomic E-state index is 13.6. The van der Waals surface area contributed by atoms with E-state index in [1.165, 1.54) is 6.42 Å². The Hall–Kier alpha value is -1.85. The third kappa shape index (κ3) is 3.45. The first kappa shape index (κ1) is 24.5. The van der Waals surface area contributed by atoms with Crippen molar-refractivity contribution >= 4 is 11.9 Å². The van der Waals surface area contributed by atoms with Gasteiger partial charge in [0.25, 0.3) is 0 Å². The Morgan fingerprint density at radius 1 is 1.14 bits per heavy atom. The first-order valence-corrected chi connectivity index (χ1v) is 14.1. The Labute approximate surface area is 215 Å². The van der Waals surface area contributed by atoms with Gasteiger partial charge in [0.2, 0.25) is 0 Å². The number of carbonyl (C=O) groups excluding carboxylic acids is 1. The van der Waals surface area contributed by atoms with Gasteiger partial charge in [-0.15, -0.1) is 0 Å². The summed E-state index contributed by atoms with van der Waals surface area (Å²) in [6, 6.07) is 5.83. The predicted octanol–water partition coefficient (Wildman–Crippen LogP) is 5.83. The Morgan fingerprint density at radius 2 is 1.97 bits per heavy atom. The summed E-state index contributed by atoms with van der Waals surface area (Å²) >= 11 is 0. The zero-order chi connectivity index (χ0) is 25.3. The normalized spacial score (nSPS) is 44.8. The molecule has 4 aliphatic carbocycles. The minimum absolute atomic E-state index is 0.0680. The van der Waals surface area contributed by atoms with E-state index in [9.17, 15) is 9.90 Å². The summed E-state index contributed by atoms with van der Waals surface area (Å²) in [7, 11) is 1.64. The van der Waals surface area contributed by atoms with Gasteiger partial charge in [0, 0.05) is 17.8 Å². The molecule has 5 aliphatic rings. The van der Waals surface area contributed by atoms with Gasteiger partial charge in [-0.3, -0.25) is 4.79 Å². The van der Waals surface area contributed by atoms with Gasteiger partial charge in [-0.25, -0.2) is 0 Å². The van der Waals surface area contributed by atoms with Gasteiger partial charge in [-0.05, 0) is 98.8 Å².